The monoisotopic (exact) mass is 615 g/mol. The molecule has 44 heavy (non-hydrogen) atoms. The molecule has 0 aromatic heterocycles. The van der Waals surface area contributed by atoms with Crippen molar-refractivity contribution < 1.29 is 27.5 Å². The topological polar surface area (TPSA) is 105 Å². The maximum absolute atomic E-state index is 14.1. The van der Waals surface area contributed by atoms with E-state index >= 15 is 0 Å². The first-order chi connectivity index (χ1) is 21.3. The standard InChI is InChI=1S/C34H37N3O6S/c1-4-32(34(39)35-5-2)36(24-26-16-20-28(42-3)21-17-26)33(38)25-37(44(40,41)31-14-10-7-11-15-31)27-18-22-30(23-19-27)43-29-12-8-6-9-13-29/h6-23,32H,4-5,24-25H2,1-3H3,(H,35,39)/t32-/m0/s1. The predicted molar refractivity (Wildman–Crippen MR) is 170 cm³/mol. The van der Waals surface area contributed by atoms with Crippen molar-refractivity contribution in [1.82, 2.24) is 10.2 Å². The molecule has 1 atom stereocenters. The molecule has 0 saturated carbocycles. The summed E-state index contributed by atoms with van der Waals surface area (Å²) < 4.78 is 40.2. The molecule has 230 valence electrons. The zero-order valence-electron chi connectivity index (χ0n) is 25.1. The fourth-order valence-electron chi connectivity index (χ4n) is 4.69. The average Bonchev–Trinajstić information content (AvgIpc) is 3.05. The molecule has 10 heteroatoms. The molecule has 4 aromatic rings. The first-order valence-electron chi connectivity index (χ1n) is 14.4. The lowest BCUT2D eigenvalue weighted by molar-refractivity contribution is -0.140. The molecular weight excluding hydrogens is 578 g/mol. The van der Waals surface area contributed by atoms with Gasteiger partial charge in [0.2, 0.25) is 11.8 Å². The molecule has 0 spiro atoms. The maximum Gasteiger partial charge on any atom is 0.264 e. The third kappa shape index (κ3) is 7.96. The van der Waals surface area contributed by atoms with Gasteiger partial charge in [-0.25, -0.2) is 8.42 Å². The van der Waals surface area contributed by atoms with E-state index in [9.17, 15) is 18.0 Å². The van der Waals surface area contributed by atoms with Gasteiger partial charge < -0.3 is 19.7 Å². The number of sulfonamides is 1. The molecule has 9 nitrogen and oxygen atoms in total. The van der Waals surface area contributed by atoms with Crippen LogP contribution in [0, 0.1) is 0 Å². The van der Waals surface area contributed by atoms with Crippen molar-refractivity contribution in [3.8, 4) is 17.2 Å². The Morgan fingerprint density at radius 2 is 1.34 bits per heavy atom. The molecule has 4 aromatic carbocycles. The fourth-order valence-corrected chi connectivity index (χ4v) is 6.13. The van der Waals surface area contributed by atoms with Crippen LogP contribution in [0.4, 0.5) is 5.69 Å². The fraction of sp³-hybridized carbons (Fsp3) is 0.235. The van der Waals surface area contributed by atoms with Crippen molar-refractivity contribution in [3.05, 3.63) is 115 Å². The van der Waals surface area contributed by atoms with Crippen LogP contribution in [0.25, 0.3) is 0 Å². The van der Waals surface area contributed by atoms with Gasteiger partial charge in [0, 0.05) is 13.1 Å². The Hall–Kier alpha value is -4.83. The second-order valence-corrected chi connectivity index (χ2v) is 11.8. The van der Waals surface area contributed by atoms with Gasteiger partial charge in [-0.2, -0.15) is 0 Å². The number of nitrogens with zero attached hydrogens (tertiary/aromatic N) is 2. The van der Waals surface area contributed by atoms with Crippen LogP contribution in [0.5, 0.6) is 17.2 Å². The molecule has 0 aliphatic rings. The van der Waals surface area contributed by atoms with E-state index in [1.807, 2.05) is 49.4 Å². The largest absolute Gasteiger partial charge is 0.497 e. The van der Waals surface area contributed by atoms with Crippen LogP contribution < -0.4 is 19.1 Å². The summed E-state index contributed by atoms with van der Waals surface area (Å²) in [4.78, 5) is 28.7. The van der Waals surface area contributed by atoms with Crippen LogP contribution in [-0.4, -0.2) is 51.4 Å². The van der Waals surface area contributed by atoms with Gasteiger partial charge in [-0.3, -0.25) is 13.9 Å². The van der Waals surface area contributed by atoms with Gasteiger partial charge in [-0.05, 0) is 79.6 Å². The summed E-state index contributed by atoms with van der Waals surface area (Å²) in [5, 5.41) is 2.80. The summed E-state index contributed by atoms with van der Waals surface area (Å²) in [6.07, 6.45) is 0.338. The Bertz CT molecular complexity index is 1610. The van der Waals surface area contributed by atoms with Gasteiger partial charge >= 0.3 is 0 Å². The number of methoxy groups -OCH3 is 1. The van der Waals surface area contributed by atoms with Crippen molar-refractivity contribution in [2.24, 2.45) is 0 Å². The van der Waals surface area contributed by atoms with E-state index in [0.717, 1.165) is 9.87 Å². The molecule has 0 aliphatic carbocycles. The Labute approximate surface area is 259 Å². The summed E-state index contributed by atoms with van der Waals surface area (Å²) in [5.41, 5.74) is 1.04. The van der Waals surface area contributed by atoms with Gasteiger partial charge in [-0.15, -0.1) is 0 Å². The molecule has 0 unspecified atom stereocenters. The molecule has 0 aliphatic heterocycles. The van der Waals surface area contributed by atoms with E-state index in [0.29, 0.717) is 30.2 Å². The first kappa shape index (κ1) is 32.1. The number of likely N-dealkylation sites (N-methyl/N-ethyl adjacent to an activating group) is 1. The molecule has 2 amide bonds. The Kier molecular flexibility index (Phi) is 11.0. The van der Waals surface area contributed by atoms with E-state index in [1.165, 1.54) is 17.0 Å². The minimum Gasteiger partial charge on any atom is -0.497 e. The molecule has 0 heterocycles. The highest BCUT2D eigenvalue weighted by molar-refractivity contribution is 7.92. The van der Waals surface area contributed by atoms with Crippen LogP contribution in [0.2, 0.25) is 0 Å². The molecule has 0 radical (unpaired) electrons. The van der Waals surface area contributed by atoms with Gasteiger partial charge in [0.1, 0.15) is 29.8 Å². The lowest BCUT2D eigenvalue weighted by Gasteiger charge is -2.33. The first-order valence-corrected chi connectivity index (χ1v) is 15.8. The number of para-hydroxylation sites is 1. The number of nitrogens with one attached hydrogen (secondary N) is 1. The minimum absolute atomic E-state index is 0.0369. The van der Waals surface area contributed by atoms with Gasteiger partial charge in [0.25, 0.3) is 10.0 Å². The van der Waals surface area contributed by atoms with Gasteiger partial charge in [0.05, 0.1) is 17.7 Å². The zero-order valence-corrected chi connectivity index (χ0v) is 25.9. The highest BCUT2D eigenvalue weighted by Gasteiger charge is 2.33. The second kappa shape index (κ2) is 15.1. The van der Waals surface area contributed by atoms with E-state index in [2.05, 4.69) is 5.32 Å². The molecule has 0 fully saturated rings. The Morgan fingerprint density at radius 1 is 0.773 bits per heavy atom. The lowest BCUT2D eigenvalue weighted by atomic mass is 10.1. The Balaban J connectivity index is 1.70. The molecule has 1 N–H and O–H groups in total. The summed E-state index contributed by atoms with van der Waals surface area (Å²) in [7, 11) is -2.61. The van der Waals surface area contributed by atoms with Crippen LogP contribution in [0.3, 0.4) is 0 Å². The smallest absolute Gasteiger partial charge is 0.264 e. The van der Waals surface area contributed by atoms with Gasteiger partial charge in [0.15, 0.2) is 0 Å². The molecule has 0 bridgehead atoms. The van der Waals surface area contributed by atoms with Crippen molar-refractivity contribution in [2.75, 3.05) is 24.5 Å². The van der Waals surface area contributed by atoms with E-state index in [1.54, 1.807) is 68.6 Å². The van der Waals surface area contributed by atoms with Crippen LogP contribution >= 0.6 is 0 Å². The predicted octanol–water partition coefficient (Wildman–Crippen LogP) is 5.63. The third-order valence-electron chi connectivity index (χ3n) is 6.96. The normalized spacial score (nSPS) is 11.7. The molecule has 4 rings (SSSR count). The quantitative estimate of drug-likeness (QED) is 0.197. The molecule has 0 saturated heterocycles. The lowest BCUT2D eigenvalue weighted by Crippen LogP contribution is -2.52. The van der Waals surface area contributed by atoms with Crippen molar-refractivity contribution in [1.29, 1.82) is 0 Å². The van der Waals surface area contributed by atoms with Gasteiger partial charge in [-0.1, -0.05) is 55.5 Å². The van der Waals surface area contributed by atoms with E-state index in [4.69, 9.17) is 9.47 Å². The number of carbonyl (C=O) groups is 2. The average molecular weight is 616 g/mol. The number of hydrogen-bond acceptors (Lipinski definition) is 6. The van der Waals surface area contributed by atoms with Crippen molar-refractivity contribution >= 4 is 27.5 Å². The summed E-state index contributed by atoms with van der Waals surface area (Å²) >= 11 is 0. The third-order valence-corrected chi connectivity index (χ3v) is 8.75. The number of ether oxygens (including phenoxy) is 2. The zero-order chi connectivity index (χ0) is 31.5. The number of rotatable bonds is 14. The second-order valence-electron chi connectivity index (χ2n) is 9.92. The minimum atomic E-state index is -4.17. The number of benzene rings is 4. The van der Waals surface area contributed by atoms with Crippen molar-refractivity contribution in [2.45, 2.75) is 37.8 Å². The van der Waals surface area contributed by atoms with Crippen molar-refractivity contribution in [3.63, 3.8) is 0 Å². The summed E-state index contributed by atoms with van der Waals surface area (Å²) in [6.45, 7) is 3.59. The summed E-state index contributed by atoms with van der Waals surface area (Å²) in [5.74, 6) is 0.961. The summed E-state index contributed by atoms with van der Waals surface area (Å²) in [6, 6.07) is 30.0. The van der Waals surface area contributed by atoms with E-state index in [-0.39, 0.29) is 23.0 Å². The van der Waals surface area contributed by atoms with E-state index < -0.39 is 28.5 Å². The van der Waals surface area contributed by atoms with Crippen LogP contribution in [0.1, 0.15) is 25.8 Å². The highest BCUT2D eigenvalue weighted by atomic mass is 32.2. The number of amides is 2. The Morgan fingerprint density at radius 3 is 1.91 bits per heavy atom. The highest BCUT2D eigenvalue weighted by Crippen LogP contribution is 2.29. The molecular formula is C34H37N3O6S. The van der Waals surface area contributed by atoms with Crippen LogP contribution in [0.15, 0.2) is 114 Å². The SMILES string of the molecule is CCNC(=O)[C@H](CC)N(Cc1ccc(OC)cc1)C(=O)CN(c1ccc(Oc2ccccc2)cc1)S(=O)(=O)c1ccccc1. The number of hydrogen-bond donors (Lipinski definition) is 1. The maximum atomic E-state index is 14.1. The number of anilines is 1. The van der Waals surface area contributed by atoms with Crippen LogP contribution in [-0.2, 0) is 26.2 Å². The number of carbonyl (C=O) groups excluding carboxylic acids is 2.